The number of nitrogens with zero attached hydrogens (tertiary/aromatic N) is 1. The molecule has 6 heteroatoms. The van der Waals surface area contributed by atoms with Gasteiger partial charge in [-0.15, -0.1) is 0 Å². The molecule has 0 radical (unpaired) electrons. The maximum atomic E-state index is 12.2. The zero-order valence-electron chi connectivity index (χ0n) is 10.7. The fourth-order valence-electron chi connectivity index (χ4n) is 2.58. The van der Waals surface area contributed by atoms with Gasteiger partial charge in [-0.2, -0.15) is 0 Å². The number of carbonyl (C=O) groups is 1. The molecule has 102 valence electrons. The second-order valence-electron chi connectivity index (χ2n) is 4.59. The van der Waals surface area contributed by atoms with Crippen LogP contribution in [0.3, 0.4) is 0 Å². The number of rotatable bonds is 2. The van der Waals surface area contributed by atoms with Crippen LogP contribution in [-0.2, 0) is 15.6 Å². The van der Waals surface area contributed by atoms with E-state index in [2.05, 4.69) is 5.32 Å². The van der Waals surface area contributed by atoms with Gasteiger partial charge in [0.05, 0.1) is 18.0 Å². The lowest BCUT2D eigenvalue weighted by atomic mass is 10.1. The molecule has 2 atom stereocenters. The maximum Gasteiger partial charge on any atom is 0.248 e. The smallest absolute Gasteiger partial charge is 0.248 e. The number of hydrogen-bond acceptors (Lipinski definition) is 4. The first kappa shape index (κ1) is 12.5. The summed E-state index contributed by atoms with van der Waals surface area (Å²) in [4.78, 5) is 14.2. The van der Waals surface area contributed by atoms with E-state index in [0.29, 0.717) is 30.4 Å². The molecule has 0 aromatic heterocycles. The van der Waals surface area contributed by atoms with Gasteiger partial charge in [0, 0.05) is 23.1 Å². The molecule has 0 bridgehead atoms. The van der Waals surface area contributed by atoms with E-state index in [-0.39, 0.29) is 11.9 Å². The highest BCUT2D eigenvalue weighted by molar-refractivity contribution is 7.85. The van der Waals surface area contributed by atoms with Crippen LogP contribution in [0.5, 0.6) is 5.75 Å². The van der Waals surface area contributed by atoms with Gasteiger partial charge in [0.25, 0.3) is 0 Å². The van der Waals surface area contributed by atoms with Crippen molar-refractivity contribution in [1.82, 2.24) is 0 Å². The Morgan fingerprint density at radius 2 is 2.37 bits per heavy atom. The summed E-state index contributed by atoms with van der Waals surface area (Å²) in [5.41, 5.74) is 1.70. The number of benzene rings is 1. The average molecular weight is 280 g/mol. The lowest BCUT2D eigenvalue weighted by Crippen LogP contribution is -2.55. The van der Waals surface area contributed by atoms with E-state index in [9.17, 15) is 9.00 Å². The molecule has 0 spiro atoms. The molecular weight excluding hydrogens is 264 g/mol. The van der Waals surface area contributed by atoms with Crippen molar-refractivity contribution in [2.24, 2.45) is 0 Å². The summed E-state index contributed by atoms with van der Waals surface area (Å²) < 4.78 is 17.2. The molecule has 2 aliphatic heterocycles. The van der Waals surface area contributed by atoms with Gasteiger partial charge in [0.15, 0.2) is 0 Å². The molecule has 0 saturated carbocycles. The Balaban J connectivity index is 2.03. The van der Waals surface area contributed by atoms with E-state index >= 15 is 0 Å². The molecule has 1 amide bonds. The predicted octanol–water partition coefficient (Wildman–Crippen LogP) is 0.975. The summed E-state index contributed by atoms with van der Waals surface area (Å²) in [6, 6.07) is 5.42. The molecule has 19 heavy (non-hydrogen) atoms. The zero-order chi connectivity index (χ0) is 13.4. The van der Waals surface area contributed by atoms with Crippen molar-refractivity contribution in [1.29, 1.82) is 0 Å². The second kappa shape index (κ2) is 4.85. The predicted molar refractivity (Wildman–Crippen MR) is 75.3 cm³/mol. The Labute approximate surface area is 114 Å². The number of hydrogen-bond donors (Lipinski definition) is 1. The minimum atomic E-state index is -0.899. The lowest BCUT2D eigenvalue weighted by molar-refractivity contribution is -0.117. The summed E-state index contributed by atoms with van der Waals surface area (Å²) in [7, 11) is -0.899. The number of amides is 1. The largest absolute Gasteiger partial charge is 0.492 e. The van der Waals surface area contributed by atoms with Gasteiger partial charge in [0.1, 0.15) is 17.5 Å². The third-order valence-corrected chi connectivity index (χ3v) is 4.77. The van der Waals surface area contributed by atoms with Crippen molar-refractivity contribution in [3.8, 4) is 5.75 Å². The minimum Gasteiger partial charge on any atom is -0.492 e. The highest BCUT2D eigenvalue weighted by atomic mass is 32.2. The lowest BCUT2D eigenvalue weighted by Gasteiger charge is -2.40. The molecule has 2 aliphatic rings. The van der Waals surface area contributed by atoms with E-state index in [1.807, 2.05) is 30.0 Å². The molecule has 3 rings (SSSR count). The number of ether oxygens (including phenoxy) is 1. The molecule has 2 unspecified atom stereocenters. The first-order valence-corrected chi connectivity index (χ1v) is 7.88. The van der Waals surface area contributed by atoms with E-state index in [4.69, 9.17) is 4.74 Å². The minimum absolute atomic E-state index is 0.0901. The van der Waals surface area contributed by atoms with Crippen LogP contribution < -0.4 is 15.0 Å². The molecule has 1 N–H and O–H groups in total. The van der Waals surface area contributed by atoms with Gasteiger partial charge < -0.3 is 15.0 Å². The van der Waals surface area contributed by atoms with Gasteiger partial charge in [-0.05, 0) is 19.1 Å². The molecule has 1 saturated heterocycles. The summed E-state index contributed by atoms with van der Waals surface area (Å²) in [5.74, 6) is 1.62. The molecule has 0 aliphatic carbocycles. The summed E-state index contributed by atoms with van der Waals surface area (Å²) >= 11 is 0. The van der Waals surface area contributed by atoms with Gasteiger partial charge >= 0.3 is 0 Å². The Morgan fingerprint density at radius 3 is 3.16 bits per heavy atom. The Kier molecular flexibility index (Phi) is 3.18. The summed E-state index contributed by atoms with van der Waals surface area (Å²) in [6.45, 7) is 3.12. The summed E-state index contributed by atoms with van der Waals surface area (Å²) in [6.07, 6.45) is 0. The number of para-hydroxylation sites is 1. The number of carbonyl (C=O) groups excluding carboxylic acids is 1. The fourth-order valence-corrected chi connectivity index (χ4v) is 3.83. The van der Waals surface area contributed by atoms with Gasteiger partial charge in [-0.25, -0.2) is 0 Å². The standard InChI is InChI=1S/C13H16N2O3S/c1-2-18-11-5-3-4-9-12(11)14-13(16)10-8-19(17)7-6-15(9)10/h3-5,10H,2,6-8H2,1H3,(H,14,16). The first-order chi connectivity index (χ1) is 9.20. The molecule has 2 heterocycles. The van der Waals surface area contributed by atoms with Gasteiger partial charge in [0.2, 0.25) is 5.91 Å². The molecule has 1 fully saturated rings. The van der Waals surface area contributed by atoms with Crippen molar-refractivity contribution in [2.75, 3.05) is 34.9 Å². The first-order valence-electron chi connectivity index (χ1n) is 6.39. The van der Waals surface area contributed by atoms with Gasteiger partial charge in [-0.3, -0.25) is 9.00 Å². The monoisotopic (exact) mass is 280 g/mol. The fraction of sp³-hybridized carbons (Fsp3) is 0.462. The van der Waals surface area contributed by atoms with Crippen molar-refractivity contribution < 1.29 is 13.7 Å². The third kappa shape index (κ3) is 2.10. The topological polar surface area (TPSA) is 58.6 Å². The Hall–Kier alpha value is -1.56. The molecule has 1 aromatic rings. The maximum absolute atomic E-state index is 12.2. The van der Waals surface area contributed by atoms with Crippen LogP contribution in [0.15, 0.2) is 18.2 Å². The van der Waals surface area contributed by atoms with Crippen molar-refractivity contribution in [3.05, 3.63) is 18.2 Å². The zero-order valence-corrected chi connectivity index (χ0v) is 11.5. The van der Waals surface area contributed by atoms with Crippen LogP contribution >= 0.6 is 0 Å². The third-order valence-electron chi connectivity index (χ3n) is 3.44. The Bertz CT molecular complexity index is 547. The highest BCUT2D eigenvalue weighted by Crippen LogP contribution is 2.40. The van der Waals surface area contributed by atoms with Crippen molar-refractivity contribution in [2.45, 2.75) is 13.0 Å². The van der Waals surface area contributed by atoms with Crippen LogP contribution in [0.1, 0.15) is 6.92 Å². The SMILES string of the molecule is CCOc1cccc2c1NC(=O)C1CS(=O)CCN21. The van der Waals surface area contributed by atoms with Crippen molar-refractivity contribution in [3.63, 3.8) is 0 Å². The summed E-state index contributed by atoms with van der Waals surface area (Å²) in [5, 5.41) is 2.89. The van der Waals surface area contributed by atoms with E-state index in [1.54, 1.807) is 0 Å². The number of nitrogens with one attached hydrogen (secondary N) is 1. The van der Waals surface area contributed by atoms with E-state index in [1.165, 1.54) is 0 Å². The molecule has 5 nitrogen and oxygen atoms in total. The average Bonchev–Trinajstić information content (AvgIpc) is 2.40. The van der Waals surface area contributed by atoms with Crippen LogP contribution in [0.4, 0.5) is 11.4 Å². The van der Waals surface area contributed by atoms with Crippen LogP contribution in [0.2, 0.25) is 0 Å². The van der Waals surface area contributed by atoms with Crippen LogP contribution in [0, 0.1) is 0 Å². The number of anilines is 2. The molecule has 1 aromatic carbocycles. The molecular formula is C13H16N2O3S. The van der Waals surface area contributed by atoms with Crippen LogP contribution in [-0.4, -0.2) is 40.8 Å². The normalized spacial score (nSPS) is 25.3. The van der Waals surface area contributed by atoms with Crippen molar-refractivity contribution >= 4 is 28.1 Å². The highest BCUT2D eigenvalue weighted by Gasteiger charge is 2.38. The Morgan fingerprint density at radius 1 is 1.53 bits per heavy atom. The van der Waals surface area contributed by atoms with E-state index < -0.39 is 10.8 Å². The van der Waals surface area contributed by atoms with Gasteiger partial charge in [-0.1, -0.05) is 6.07 Å². The van der Waals surface area contributed by atoms with E-state index in [0.717, 1.165) is 11.4 Å². The quantitative estimate of drug-likeness (QED) is 0.877. The second-order valence-corrected chi connectivity index (χ2v) is 6.21. The van der Waals surface area contributed by atoms with Crippen LogP contribution in [0.25, 0.3) is 0 Å². The number of fused-ring (bicyclic) bond motifs is 3.